The summed E-state index contributed by atoms with van der Waals surface area (Å²) in [6.07, 6.45) is 3.29. The molecule has 4 heteroatoms. The molecule has 0 saturated carbocycles. The maximum Gasteiger partial charge on any atom is 0.288 e. The Kier molecular flexibility index (Phi) is 10.7. The van der Waals surface area contributed by atoms with Crippen molar-refractivity contribution in [2.24, 2.45) is 0 Å². The zero-order valence-corrected chi connectivity index (χ0v) is 16.0. The Balaban J connectivity index is 0.000000684. The minimum atomic E-state index is -0.291. The van der Waals surface area contributed by atoms with Crippen LogP contribution < -0.4 is 0 Å². The second-order valence-corrected chi connectivity index (χ2v) is 7.48. The monoisotopic (exact) mass is 372 g/mol. The van der Waals surface area contributed by atoms with Crippen LogP contribution in [0, 0.1) is 0 Å². The third kappa shape index (κ3) is 10.2. The van der Waals surface area contributed by atoms with Crippen LogP contribution in [-0.2, 0) is 26.6 Å². The van der Waals surface area contributed by atoms with Gasteiger partial charge in [-0.2, -0.15) is 12.1 Å². The molecule has 0 atom stereocenters. The minimum absolute atomic E-state index is 0. The van der Waals surface area contributed by atoms with Gasteiger partial charge in [0.15, 0.2) is 0 Å². The fraction of sp³-hybridized carbons (Fsp3) is 0.316. The Morgan fingerprint density at radius 3 is 2.30 bits per heavy atom. The van der Waals surface area contributed by atoms with Crippen LogP contribution in [0.1, 0.15) is 33.3 Å². The van der Waals surface area contributed by atoms with E-state index < -0.39 is 0 Å². The van der Waals surface area contributed by atoms with Crippen LogP contribution in [0.4, 0.5) is 0 Å². The van der Waals surface area contributed by atoms with E-state index in [2.05, 4.69) is 26.8 Å². The summed E-state index contributed by atoms with van der Waals surface area (Å²) >= 11 is 1.80. The van der Waals surface area contributed by atoms with Crippen molar-refractivity contribution in [1.82, 2.24) is 0 Å². The molecule has 0 heterocycles. The average Bonchev–Trinajstić information content (AvgIpc) is 3.09. The van der Waals surface area contributed by atoms with Crippen molar-refractivity contribution in [3.8, 4) is 0 Å². The van der Waals surface area contributed by atoms with E-state index in [0.29, 0.717) is 6.61 Å². The molecular formula is C19H24FeO2S-6. The van der Waals surface area contributed by atoms with Crippen molar-refractivity contribution in [2.45, 2.75) is 37.3 Å². The smallest absolute Gasteiger partial charge is 0.288 e. The van der Waals surface area contributed by atoms with E-state index in [1.165, 1.54) is 11.0 Å². The summed E-state index contributed by atoms with van der Waals surface area (Å²) in [4.78, 5) is 12.4. The Hall–Kier alpha value is -1.22. The molecule has 0 aromatic heterocycles. The number of hydrogen-bond donors (Lipinski definition) is 0. The first-order chi connectivity index (χ1) is 10.4. The van der Waals surface area contributed by atoms with Crippen LogP contribution in [-0.4, -0.2) is 17.3 Å². The first-order valence-corrected chi connectivity index (χ1v) is 8.20. The number of carbonyl (C=O) groups is 1. The van der Waals surface area contributed by atoms with Gasteiger partial charge in [-0.25, -0.2) is 0 Å². The molecule has 23 heavy (non-hydrogen) atoms. The number of hydrogen-bond acceptors (Lipinski definition) is 3. The number of carbonyl (C=O) groups excluding carboxylic acids is 1. The van der Waals surface area contributed by atoms with Crippen molar-refractivity contribution in [3.63, 3.8) is 0 Å². The largest absolute Gasteiger partial charge is 0.748 e. The summed E-state index contributed by atoms with van der Waals surface area (Å²) in [5.41, 5.74) is 1.07. The van der Waals surface area contributed by atoms with Crippen molar-refractivity contribution in [2.75, 3.05) is 6.61 Å². The Morgan fingerprint density at radius 2 is 1.83 bits per heavy atom. The van der Waals surface area contributed by atoms with Crippen LogP contribution in [0.5, 0.6) is 0 Å². The normalized spacial score (nSPS) is 10.6. The van der Waals surface area contributed by atoms with Gasteiger partial charge in [-0.05, 0) is 13.0 Å². The molecule has 0 radical (unpaired) electrons. The fourth-order valence-electron chi connectivity index (χ4n) is 1.65. The molecule has 0 unspecified atom stereocenters. The van der Waals surface area contributed by atoms with Crippen LogP contribution in [0.2, 0.25) is 0 Å². The van der Waals surface area contributed by atoms with Gasteiger partial charge in [0.1, 0.15) is 0 Å². The van der Waals surface area contributed by atoms with Crippen LogP contribution in [0.25, 0.3) is 6.08 Å². The van der Waals surface area contributed by atoms with E-state index in [1.54, 1.807) is 18.7 Å². The summed E-state index contributed by atoms with van der Waals surface area (Å²) < 4.78 is 5.02. The van der Waals surface area contributed by atoms with Crippen molar-refractivity contribution < 1.29 is 26.6 Å². The van der Waals surface area contributed by atoms with E-state index in [9.17, 15) is 4.79 Å². The van der Waals surface area contributed by atoms with Crippen molar-refractivity contribution in [1.29, 1.82) is 0 Å². The molecule has 132 valence electrons. The molecule has 0 aliphatic carbocycles. The van der Waals surface area contributed by atoms with E-state index >= 15 is 0 Å². The molecule has 2 nitrogen and oxygen atoms in total. The molecule has 2 rings (SSSR count). The topological polar surface area (TPSA) is 26.3 Å². The van der Waals surface area contributed by atoms with Crippen LogP contribution in [0.15, 0.2) is 59.5 Å². The van der Waals surface area contributed by atoms with E-state index in [-0.39, 0.29) is 27.8 Å². The predicted molar refractivity (Wildman–Crippen MR) is 95.3 cm³/mol. The van der Waals surface area contributed by atoms with Gasteiger partial charge in [-0.3, -0.25) is 4.79 Å². The third-order valence-corrected chi connectivity index (χ3v) is 3.67. The second-order valence-electron chi connectivity index (χ2n) is 5.61. The SMILES string of the molecule is CCOC(=O)C=C[c-]1cccc1SC(C)(C)C.[Fe].[cH-]1[cH-][cH-][cH-][cH-]1. The molecule has 2 aromatic rings. The first-order valence-electron chi connectivity index (χ1n) is 7.38. The number of ether oxygens (including phenoxy) is 1. The zero-order valence-electron chi connectivity index (χ0n) is 14.1. The second kappa shape index (κ2) is 11.3. The van der Waals surface area contributed by atoms with Gasteiger partial charge in [0.05, 0.1) is 6.61 Å². The third-order valence-electron chi connectivity index (χ3n) is 2.47. The quantitative estimate of drug-likeness (QED) is 0.240. The Bertz CT molecular complexity index is 545. The van der Waals surface area contributed by atoms with Gasteiger partial charge < -0.3 is 35.1 Å². The molecule has 0 aliphatic heterocycles. The molecule has 0 bridgehead atoms. The molecule has 0 fully saturated rings. The van der Waals surface area contributed by atoms with Gasteiger partial charge in [0.2, 0.25) is 0 Å². The molecule has 0 aliphatic rings. The molecule has 2 aromatic carbocycles. The molecule has 0 amide bonds. The molecule has 0 saturated heterocycles. The van der Waals surface area contributed by atoms with Gasteiger partial charge in [-0.15, -0.1) is 29.5 Å². The van der Waals surface area contributed by atoms with Crippen molar-refractivity contribution >= 4 is 23.8 Å². The van der Waals surface area contributed by atoms with Gasteiger partial charge in [0.25, 0.3) is 5.97 Å². The van der Waals surface area contributed by atoms with Gasteiger partial charge >= 0.3 is 0 Å². The Morgan fingerprint density at radius 1 is 1.26 bits per heavy atom. The summed E-state index contributed by atoms with van der Waals surface area (Å²) in [5, 5.41) is 0. The van der Waals surface area contributed by atoms with Crippen LogP contribution in [0.3, 0.4) is 0 Å². The summed E-state index contributed by atoms with van der Waals surface area (Å²) in [6, 6.07) is 16.1. The first kappa shape index (κ1) is 21.8. The van der Waals surface area contributed by atoms with Crippen LogP contribution >= 0.6 is 11.8 Å². The van der Waals surface area contributed by atoms with Gasteiger partial charge in [-0.1, -0.05) is 25.7 Å². The molecule has 0 N–H and O–H groups in total. The number of rotatable bonds is 4. The van der Waals surface area contributed by atoms with E-state index in [4.69, 9.17) is 4.74 Å². The standard InChI is InChI=1S/C14H19O2S.C5H5.Fe/c1-5-16-13(15)10-9-11-7-6-8-12(11)17-14(2,3)4;1-2-4-5-3-1;/h6-10H,5H2,1-4H3;1-5H;/q-1;-5;. The van der Waals surface area contributed by atoms with E-state index in [1.807, 2.05) is 48.5 Å². The molecular weight excluding hydrogens is 348 g/mol. The maximum atomic E-state index is 11.2. The maximum absolute atomic E-state index is 11.2. The average molecular weight is 372 g/mol. The Labute approximate surface area is 154 Å². The minimum Gasteiger partial charge on any atom is -0.748 e. The van der Waals surface area contributed by atoms with Gasteiger partial charge in [0, 0.05) is 21.8 Å². The van der Waals surface area contributed by atoms with E-state index in [0.717, 1.165) is 5.56 Å². The number of esters is 1. The summed E-state index contributed by atoms with van der Waals surface area (Å²) in [7, 11) is 0. The zero-order chi connectivity index (χ0) is 16.4. The fourth-order valence-corrected chi connectivity index (χ4v) is 2.71. The summed E-state index contributed by atoms with van der Waals surface area (Å²) in [5.74, 6) is -0.291. The summed E-state index contributed by atoms with van der Waals surface area (Å²) in [6.45, 7) is 8.72. The number of thioether (sulfide) groups is 1. The predicted octanol–water partition coefficient (Wildman–Crippen LogP) is 5.28. The van der Waals surface area contributed by atoms with Crippen molar-refractivity contribution in [3.05, 3.63) is 60.2 Å². The molecule has 0 spiro atoms.